The molecule has 28 rings (SSSR count). The van der Waals surface area contributed by atoms with Gasteiger partial charge in [0.1, 0.15) is 67.0 Å². The van der Waals surface area contributed by atoms with Crippen LogP contribution in [0.3, 0.4) is 0 Å². The first-order valence-electron chi connectivity index (χ1n) is 46.7. The average molecular weight is 1760 g/mol. The Morgan fingerprint density at radius 3 is 0.547 bits per heavy atom. The second-order valence-electron chi connectivity index (χ2n) is 36.5. The van der Waals surface area contributed by atoms with E-state index < -0.39 is 0 Å². The maximum atomic E-state index is 6.18. The smallest absolute Gasteiger partial charge is 0.135 e. The van der Waals surface area contributed by atoms with Crippen molar-refractivity contribution in [1.29, 1.82) is 0 Å². The summed E-state index contributed by atoms with van der Waals surface area (Å²) in [7, 11) is 0. The molecule has 0 saturated heterocycles. The van der Waals surface area contributed by atoms with Crippen LogP contribution < -0.4 is 9.80 Å². The molecular formula is C129H82N2O6. The van der Waals surface area contributed by atoms with Crippen molar-refractivity contribution in [3.8, 4) is 100 Å². The molecule has 1 aliphatic rings. The minimum Gasteiger partial charge on any atom is -0.456 e. The van der Waals surface area contributed by atoms with Gasteiger partial charge in [-0.05, 0) is 299 Å². The Morgan fingerprint density at radius 1 is 0.139 bits per heavy atom. The molecular weight excluding hydrogens is 1670 g/mol. The molecule has 0 bridgehead atoms. The molecule has 0 fully saturated rings. The van der Waals surface area contributed by atoms with Gasteiger partial charge in [-0.3, -0.25) is 0 Å². The molecule has 0 radical (unpaired) electrons. The van der Waals surface area contributed by atoms with E-state index in [1.54, 1.807) is 0 Å². The summed E-state index contributed by atoms with van der Waals surface area (Å²) in [6.07, 6.45) is 0. The number of para-hydroxylation sites is 6. The molecule has 8 heteroatoms. The van der Waals surface area contributed by atoms with Gasteiger partial charge in [0, 0.05) is 104 Å². The van der Waals surface area contributed by atoms with E-state index in [9.17, 15) is 0 Å². The highest BCUT2D eigenvalue weighted by Crippen LogP contribution is 2.53. The number of fused-ring (bicyclic) bond motifs is 21. The standard InChI is InChI=1S/C66H41NO3.C63H41NO3/c1-4-10-61-55(7-1)58-39-49(27-36-64(58)68-61)46-19-17-43(18-20-46)42-13-15-44(16-14-42)45-21-30-52(31-22-45)67(53-32-23-47(24-33-53)50-28-37-65-59(40-50)56-8-2-5-11-62(56)69-65)54-34-25-48(26-35-54)51-29-38-66-60(41-51)57-9-3-6-12-63(57)70-66;1-63(2)55-36-43(42-22-32-62-54(35-42)51-11-5-8-14-59(51)67-62)19-28-47(55)48-29-27-46(37-56(48)63)64(44-23-15-38(16-24-44)40-20-30-60-52(33-40)49-9-3-6-12-57(49)65-60)45-25-17-39(18-26-45)41-21-31-61-53(34-41)50-10-4-7-13-58(50)66-61/h1-41H;3-37H,1-2H3. The van der Waals surface area contributed by atoms with E-state index in [0.717, 1.165) is 221 Å². The predicted molar refractivity (Wildman–Crippen MR) is 567 cm³/mol. The van der Waals surface area contributed by atoms with Gasteiger partial charge in [-0.25, -0.2) is 0 Å². The van der Waals surface area contributed by atoms with Crippen molar-refractivity contribution >= 4 is 166 Å². The van der Waals surface area contributed by atoms with Gasteiger partial charge in [-0.15, -0.1) is 0 Å². The normalized spacial score (nSPS) is 12.4. The van der Waals surface area contributed by atoms with Crippen LogP contribution in [0.1, 0.15) is 25.0 Å². The van der Waals surface area contributed by atoms with Crippen molar-refractivity contribution in [2.45, 2.75) is 19.3 Å². The lowest BCUT2D eigenvalue weighted by Gasteiger charge is -2.28. The van der Waals surface area contributed by atoms with Crippen LogP contribution in [0.4, 0.5) is 34.1 Å². The van der Waals surface area contributed by atoms with Gasteiger partial charge in [0.25, 0.3) is 0 Å². The number of benzene rings is 21. The minimum absolute atomic E-state index is 0.242. The Balaban J connectivity index is 0.000000139. The molecule has 27 aromatic rings. The third kappa shape index (κ3) is 13.6. The molecule has 0 spiro atoms. The first-order chi connectivity index (χ1) is 67.5. The Morgan fingerprint density at radius 2 is 0.299 bits per heavy atom. The van der Waals surface area contributed by atoms with Crippen LogP contribution >= 0.6 is 0 Å². The van der Waals surface area contributed by atoms with Gasteiger partial charge in [0.2, 0.25) is 0 Å². The third-order valence-electron chi connectivity index (χ3n) is 28.2. The fourth-order valence-electron chi connectivity index (χ4n) is 21.1. The highest BCUT2D eigenvalue weighted by atomic mass is 16.3. The highest BCUT2D eigenvalue weighted by molar-refractivity contribution is 6.12. The quantitative estimate of drug-likeness (QED) is 0.106. The zero-order chi connectivity index (χ0) is 90.5. The molecule has 644 valence electrons. The Kier molecular flexibility index (Phi) is 18.2. The molecule has 0 atom stereocenters. The van der Waals surface area contributed by atoms with Crippen molar-refractivity contribution in [1.82, 2.24) is 0 Å². The summed E-state index contributed by atoms with van der Waals surface area (Å²) < 4.78 is 36.9. The monoisotopic (exact) mass is 1750 g/mol. The molecule has 137 heavy (non-hydrogen) atoms. The second-order valence-corrected chi connectivity index (χ2v) is 36.5. The number of nitrogens with zero attached hydrogens (tertiary/aromatic N) is 2. The first-order valence-corrected chi connectivity index (χ1v) is 46.7. The lowest BCUT2D eigenvalue weighted by atomic mass is 9.81. The van der Waals surface area contributed by atoms with E-state index in [2.05, 4.69) is 412 Å². The van der Waals surface area contributed by atoms with Crippen LogP contribution in [0.5, 0.6) is 0 Å². The minimum atomic E-state index is -0.242. The van der Waals surface area contributed by atoms with E-state index in [-0.39, 0.29) is 5.41 Å². The van der Waals surface area contributed by atoms with Crippen molar-refractivity contribution in [2.75, 3.05) is 9.80 Å². The Hall–Kier alpha value is -18.0. The molecule has 0 amide bonds. The Bertz CT molecular complexity index is 9160. The zero-order valence-electron chi connectivity index (χ0n) is 74.7. The van der Waals surface area contributed by atoms with Crippen molar-refractivity contribution < 1.29 is 26.5 Å². The van der Waals surface area contributed by atoms with Crippen LogP contribution in [-0.2, 0) is 5.41 Å². The lowest BCUT2D eigenvalue weighted by Crippen LogP contribution is -2.16. The summed E-state index contributed by atoms with van der Waals surface area (Å²) >= 11 is 0. The number of anilines is 6. The fourth-order valence-corrected chi connectivity index (χ4v) is 21.1. The van der Waals surface area contributed by atoms with Crippen LogP contribution in [0.2, 0.25) is 0 Å². The van der Waals surface area contributed by atoms with Gasteiger partial charge in [0.15, 0.2) is 0 Å². The second kappa shape index (κ2) is 31.6. The van der Waals surface area contributed by atoms with Crippen LogP contribution in [0, 0.1) is 0 Å². The van der Waals surface area contributed by atoms with Crippen molar-refractivity contribution in [3.05, 3.63) is 472 Å². The average Bonchev–Trinajstić information content (AvgIpc) is 1.56. The molecule has 0 N–H and O–H groups in total. The van der Waals surface area contributed by atoms with E-state index in [1.165, 1.54) is 55.6 Å². The SMILES string of the molecule is CC1(C)c2cc(-c3ccc4oc5ccccc5c4c3)ccc2-c2ccc(N(c3ccc(-c4ccc5oc6ccccc6c5c4)cc3)c3ccc(-c4ccc5oc6ccccc6c5c4)cc3)cc21.c1ccc2c(c1)oc1ccc(-c3ccc(-c4ccc(-c5ccc(N(c6ccc(-c7ccc8oc9ccccc9c8c7)cc6)c6ccc(-c7ccc8oc9ccccc9c8c7)cc6)cc5)cc4)cc3)cc12. The lowest BCUT2D eigenvalue weighted by molar-refractivity contribution is 0.660. The summed E-state index contributed by atoms with van der Waals surface area (Å²) in [5.74, 6) is 0. The number of rotatable bonds is 14. The van der Waals surface area contributed by atoms with Gasteiger partial charge in [-0.1, -0.05) is 287 Å². The molecule has 0 saturated carbocycles. The summed E-state index contributed by atoms with van der Waals surface area (Å²) in [6, 6.07) is 165. The maximum absolute atomic E-state index is 6.18. The summed E-state index contributed by atoms with van der Waals surface area (Å²) in [6.45, 7) is 4.73. The van der Waals surface area contributed by atoms with E-state index in [1.807, 2.05) is 72.8 Å². The zero-order valence-corrected chi connectivity index (χ0v) is 74.7. The largest absolute Gasteiger partial charge is 0.456 e. The molecule has 1 aliphatic carbocycles. The summed E-state index contributed by atoms with van der Waals surface area (Å²) in [5, 5.41) is 13.6. The maximum Gasteiger partial charge on any atom is 0.135 e. The van der Waals surface area contributed by atoms with E-state index in [4.69, 9.17) is 26.5 Å². The van der Waals surface area contributed by atoms with E-state index in [0.29, 0.717) is 0 Å². The van der Waals surface area contributed by atoms with Gasteiger partial charge < -0.3 is 36.3 Å². The molecule has 0 unspecified atom stereocenters. The summed E-state index contributed by atoms with van der Waals surface area (Å²) in [5.41, 5.74) is 40.9. The molecule has 6 aromatic heterocycles. The topological polar surface area (TPSA) is 85.3 Å². The first kappa shape index (κ1) is 78.8. The third-order valence-corrected chi connectivity index (χ3v) is 28.2. The molecule has 8 nitrogen and oxygen atoms in total. The Labute approximate surface area is 788 Å². The van der Waals surface area contributed by atoms with Crippen LogP contribution in [0.15, 0.2) is 488 Å². The number of furan rings is 6. The summed E-state index contributed by atoms with van der Waals surface area (Å²) in [4.78, 5) is 4.72. The predicted octanol–water partition coefficient (Wildman–Crippen LogP) is 37.4. The van der Waals surface area contributed by atoms with Gasteiger partial charge >= 0.3 is 0 Å². The van der Waals surface area contributed by atoms with Gasteiger partial charge in [0.05, 0.1) is 0 Å². The van der Waals surface area contributed by atoms with Crippen LogP contribution in [-0.4, -0.2) is 0 Å². The van der Waals surface area contributed by atoms with Crippen molar-refractivity contribution in [3.63, 3.8) is 0 Å². The molecule has 6 heterocycles. The number of hydrogen-bond donors (Lipinski definition) is 0. The fraction of sp³-hybridized carbons (Fsp3) is 0.0233. The van der Waals surface area contributed by atoms with E-state index >= 15 is 0 Å². The molecule has 0 aliphatic heterocycles. The van der Waals surface area contributed by atoms with Gasteiger partial charge in [-0.2, -0.15) is 0 Å². The number of hydrogen-bond acceptors (Lipinski definition) is 8. The molecule has 21 aromatic carbocycles. The van der Waals surface area contributed by atoms with Crippen LogP contribution in [0.25, 0.3) is 232 Å². The van der Waals surface area contributed by atoms with Crippen molar-refractivity contribution in [2.24, 2.45) is 0 Å². The highest BCUT2D eigenvalue weighted by Gasteiger charge is 2.37.